The predicted octanol–water partition coefficient (Wildman–Crippen LogP) is 1.73. The highest BCUT2D eigenvalue weighted by Crippen LogP contribution is 2.03. The highest BCUT2D eigenvalue weighted by molar-refractivity contribution is 5.13. The molecule has 16 heavy (non-hydrogen) atoms. The monoisotopic (exact) mass is 221 g/mol. The largest absolute Gasteiger partial charge is 0.375 e. The highest BCUT2D eigenvalue weighted by Gasteiger charge is 2.06. The van der Waals surface area contributed by atoms with Gasteiger partial charge in [0.15, 0.2) is 0 Å². The van der Waals surface area contributed by atoms with Crippen molar-refractivity contribution in [3.05, 3.63) is 48.6 Å². The summed E-state index contributed by atoms with van der Waals surface area (Å²) in [5.74, 6) is 0. The number of hydrogen-bond donors (Lipinski definition) is 1. The second-order valence-corrected chi connectivity index (χ2v) is 3.48. The van der Waals surface area contributed by atoms with Gasteiger partial charge in [-0.05, 0) is 5.56 Å². The lowest BCUT2D eigenvalue weighted by Gasteiger charge is -2.15. The zero-order chi connectivity index (χ0) is 11.6. The van der Waals surface area contributed by atoms with Crippen molar-refractivity contribution in [1.82, 2.24) is 0 Å². The van der Waals surface area contributed by atoms with E-state index in [0.29, 0.717) is 26.4 Å². The Balaban J connectivity index is 2.25. The Kier molecular flexibility index (Phi) is 6.49. The van der Waals surface area contributed by atoms with Crippen LogP contribution in [0.15, 0.2) is 43.0 Å². The van der Waals surface area contributed by atoms with E-state index in [0.717, 1.165) is 5.56 Å². The summed E-state index contributed by atoms with van der Waals surface area (Å²) in [6.45, 7) is 5.65. The molecule has 1 atom stereocenters. The molecule has 0 aliphatic rings. The molecular weight excluding hydrogens is 202 g/mol. The maximum absolute atomic E-state index is 5.64. The highest BCUT2D eigenvalue weighted by atomic mass is 16.5. The quantitative estimate of drug-likeness (QED) is 0.537. The lowest BCUT2D eigenvalue weighted by Crippen LogP contribution is -2.28. The van der Waals surface area contributed by atoms with Crippen LogP contribution >= 0.6 is 0 Å². The van der Waals surface area contributed by atoms with Crippen LogP contribution in [0.3, 0.4) is 0 Å². The van der Waals surface area contributed by atoms with Crippen molar-refractivity contribution in [2.45, 2.75) is 12.7 Å². The first-order valence-corrected chi connectivity index (χ1v) is 5.41. The van der Waals surface area contributed by atoms with Gasteiger partial charge in [-0.25, -0.2) is 0 Å². The molecule has 0 bridgehead atoms. The molecule has 1 unspecified atom stereocenters. The van der Waals surface area contributed by atoms with Crippen LogP contribution in [0.2, 0.25) is 0 Å². The summed E-state index contributed by atoms with van der Waals surface area (Å²) in [5, 5.41) is 0. The molecule has 88 valence electrons. The van der Waals surface area contributed by atoms with Gasteiger partial charge in [0.1, 0.15) is 0 Å². The predicted molar refractivity (Wildman–Crippen MR) is 65.1 cm³/mol. The standard InChI is InChI=1S/C13H19NO2/c1-2-8-15-11-13(9-14)16-10-12-6-4-3-5-7-12/h2-7,13H,1,8-11,14H2. The first-order chi connectivity index (χ1) is 7.86. The average Bonchev–Trinajstić information content (AvgIpc) is 2.35. The molecule has 0 spiro atoms. The minimum absolute atomic E-state index is 0.0554. The van der Waals surface area contributed by atoms with Crippen molar-refractivity contribution in [3.8, 4) is 0 Å². The number of hydrogen-bond acceptors (Lipinski definition) is 3. The Morgan fingerprint density at radius 2 is 2.06 bits per heavy atom. The van der Waals surface area contributed by atoms with Crippen LogP contribution in [0.5, 0.6) is 0 Å². The Labute approximate surface area is 96.9 Å². The molecule has 0 amide bonds. The molecule has 0 radical (unpaired) electrons. The number of ether oxygens (including phenoxy) is 2. The smallest absolute Gasteiger partial charge is 0.0934 e. The van der Waals surface area contributed by atoms with E-state index in [1.807, 2.05) is 30.3 Å². The molecule has 0 fully saturated rings. The van der Waals surface area contributed by atoms with E-state index in [2.05, 4.69) is 6.58 Å². The minimum Gasteiger partial charge on any atom is -0.375 e. The van der Waals surface area contributed by atoms with Crippen LogP contribution in [-0.2, 0) is 16.1 Å². The van der Waals surface area contributed by atoms with Crippen molar-refractivity contribution in [2.75, 3.05) is 19.8 Å². The molecule has 0 aliphatic carbocycles. The third-order valence-corrected chi connectivity index (χ3v) is 2.13. The maximum atomic E-state index is 5.64. The topological polar surface area (TPSA) is 44.5 Å². The van der Waals surface area contributed by atoms with Gasteiger partial charge in [0.25, 0.3) is 0 Å². The summed E-state index contributed by atoms with van der Waals surface area (Å²) in [4.78, 5) is 0. The summed E-state index contributed by atoms with van der Waals surface area (Å²) < 4.78 is 10.9. The van der Waals surface area contributed by atoms with Gasteiger partial charge in [-0.2, -0.15) is 0 Å². The van der Waals surface area contributed by atoms with E-state index < -0.39 is 0 Å². The van der Waals surface area contributed by atoms with E-state index in [9.17, 15) is 0 Å². The summed E-state index contributed by atoms with van der Waals surface area (Å²) in [5.41, 5.74) is 6.73. The lowest BCUT2D eigenvalue weighted by molar-refractivity contribution is -0.0133. The van der Waals surface area contributed by atoms with Gasteiger partial charge in [-0.3, -0.25) is 0 Å². The molecule has 3 nitrogen and oxygen atoms in total. The Hall–Kier alpha value is -1.16. The van der Waals surface area contributed by atoms with Gasteiger partial charge in [0, 0.05) is 6.54 Å². The van der Waals surface area contributed by atoms with E-state index in [-0.39, 0.29) is 6.10 Å². The first-order valence-electron chi connectivity index (χ1n) is 5.41. The molecule has 1 aromatic rings. The van der Waals surface area contributed by atoms with E-state index in [4.69, 9.17) is 15.2 Å². The third-order valence-electron chi connectivity index (χ3n) is 2.13. The average molecular weight is 221 g/mol. The molecular formula is C13H19NO2. The molecule has 2 N–H and O–H groups in total. The minimum atomic E-state index is -0.0554. The van der Waals surface area contributed by atoms with E-state index >= 15 is 0 Å². The number of rotatable bonds is 8. The summed E-state index contributed by atoms with van der Waals surface area (Å²) >= 11 is 0. The van der Waals surface area contributed by atoms with Gasteiger partial charge in [-0.1, -0.05) is 36.4 Å². The molecule has 0 aromatic heterocycles. The summed E-state index contributed by atoms with van der Waals surface area (Å²) in [6, 6.07) is 10.0. The van der Waals surface area contributed by atoms with Gasteiger partial charge < -0.3 is 15.2 Å². The van der Waals surface area contributed by atoms with Crippen molar-refractivity contribution in [3.63, 3.8) is 0 Å². The van der Waals surface area contributed by atoms with Gasteiger partial charge >= 0.3 is 0 Å². The van der Waals surface area contributed by atoms with Gasteiger partial charge in [0.2, 0.25) is 0 Å². The summed E-state index contributed by atoms with van der Waals surface area (Å²) in [6.07, 6.45) is 1.66. The second-order valence-electron chi connectivity index (χ2n) is 3.48. The van der Waals surface area contributed by atoms with Crippen LogP contribution in [0, 0.1) is 0 Å². The fraction of sp³-hybridized carbons (Fsp3) is 0.385. The van der Waals surface area contributed by atoms with Crippen molar-refractivity contribution >= 4 is 0 Å². The van der Waals surface area contributed by atoms with Crippen LogP contribution in [0.1, 0.15) is 5.56 Å². The molecule has 0 aliphatic heterocycles. The molecule has 0 saturated carbocycles. The Morgan fingerprint density at radius 1 is 1.31 bits per heavy atom. The zero-order valence-electron chi connectivity index (χ0n) is 9.47. The maximum Gasteiger partial charge on any atom is 0.0934 e. The van der Waals surface area contributed by atoms with Gasteiger partial charge in [0.05, 0.1) is 25.9 Å². The van der Waals surface area contributed by atoms with Crippen molar-refractivity contribution in [1.29, 1.82) is 0 Å². The lowest BCUT2D eigenvalue weighted by atomic mass is 10.2. The molecule has 0 heterocycles. The van der Waals surface area contributed by atoms with Gasteiger partial charge in [-0.15, -0.1) is 6.58 Å². The number of nitrogens with two attached hydrogens (primary N) is 1. The van der Waals surface area contributed by atoms with Crippen LogP contribution in [0.25, 0.3) is 0 Å². The first kappa shape index (κ1) is 12.9. The Morgan fingerprint density at radius 3 is 2.69 bits per heavy atom. The number of benzene rings is 1. The second kappa shape index (κ2) is 8.05. The molecule has 1 aromatic carbocycles. The fourth-order valence-corrected chi connectivity index (χ4v) is 1.26. The third kappa shape index (κ3) is 5.07. The zero-order valence-corrected chi connectivity index (χ0v) is 9.47. The van der Waals surface area contributed by atoms with Crippen LogP contribution in [-0.4, -0.2) is 25.9 Å². The van der Waals surface area contributed by atoms with Crippen LogP contribution < -0.4 is 5.73 Å². The molecule has 3 heteroatoms. The summed E-state index contributed by atoms with van der Waals surface area (Å²) in [7, 11) is 0. The van der Waals surface area contributed by atoms with E-state index in [1.165, 1.54) is 0 Å². The normalized spacial score (nSPS) is 12.3. The van der Waals surface area contributed by atoms with Crippen LogP contribution in [0.4, 0.5) is 0 Å². The van der Waals surface area contributed by atoms with Crippen molar-refractivity contribution < 1.29 is 9.47 Å². The fourth-order valence-electron chi connectivity index (χ4n) is 1.26. The molecule has 0 saturated heterocycles. The Bertz CT molecular complexity index is 287. The SMILES string of the molecule is C=CCOCC(CN)OCc1ccccc1. The van der Waals surface area contributed by atoms with E-state index in [1.54, 1.807) is 6.08 Å². The molecule has 1 rings (SSSR count). The van der Waals surface area contributed by atoms with Crippen molar-refractivity contribution in [2.24, 2.45) is 5.73 Å².